The van der Waals surface area contributed by atoms with Crippen molar-refractivity contribution in [2.75, 3.05) is 17.2 Å². The zero-order chi connectivity index (χ0) is 23.7. The Bertz CT molecular complexity index is 1130. The quantitative estimate of drug-likeness (QED) is 0.316. The van der Waals surface area contributed by atoms with Crippen LogP contribution in [-0.4, -0.2) is 62.0 Å². The summed E-state index contributed by atoms with van der Waals surface area (Å²) in [5.41, 5.74) is -0.566. The summed E-state index contributed by atoms with van der Waals surface area (Å²) in [5, 5.41) is 0.289. The maximum atomic E-state index is 15.7. The molecule has 2 aromatic rings. The van der Waals surface area contributed by atoms with E-state index in [1.807, 2.05) is 32.6 Å². The number of aromatic nitrogens is 3. The molecule has 7 nitrogen and oxygen atoms in total. The molecule has 5 rings (SSSR count). The summed E-state index contributed by atoms with van der Waals surface area (Å²) in [6.07, 6.45) is -0.257. The number of thioether (sulfide) groups is 1. The topological polar surface area (TPSA) is 71.5 Å². The third-order valence-electron chi connectivity index (χ3n) is 6.43. The van der Waals surface area contributed by atoms with Crippen molar-refractivity contribution in [1.82, 2.24) is 19.9 Å². The summed E-state index contributed by atoms with van der Waals surface area (Å²) in [4.78, 5) is 30.0. The van der Waals surface area contributed by atoms with Crippen molar-refractivity contribution in [1.29, 1.82) is 0 Å². The van der Waals surface area contributed by atoms with Crippen molar-refractivity contribution < 1.29 is 18.3 Å². The van der Waals surface area contributed by atoms with Crippen LogP contribution in [0.25, 0.3) is 10.9 Å². The lowest BCUT2D eigenvalue weighted by molar-refractivity contribution is 0.00601. The molecule has 0 aliphatic carbocycles. The fourth-order valence-electron chi connectivity index (χ4n) is 5.25. The number of anilines is 1. The Morgan fingerprint density at radius 1 is 1.24 bits per heavy atom. The molecular formula is C22H26ClF2N5O2S. The van der Waals surface area contributed by atoms with E-state index in [1.54, 1.807) is 4.90 Å². The third kappa shape index (κ3) is 3.79. The number of hydrogen-bond donors (Lipinski definition) is 0. The molecule has 2 aromatic heterocycles. The van der Waals surface area contributed by atoms with Crippen LogP contribution in [0, 0.1) is 5.82 Å². The van der Waals surface area contributed by atoms with Gasteiger partial charge in [-0.3, -0.25) is 4.90 Å². The summed E-state index contributed by atoms with van der Waals surface area (Å²) in [7, 11) is 0. The lowest BCUT2D eigenvalue weighted by Crippen LogP contribution is -2.62. The summed E-state index contributed by atoms with van der Waals surface area (Å²) in [6, 6.07) is -0.684. The smallest absolute Gasteiger partial charge is 0.410 e. The Morgan fingerprint density at radius 2 is 2.00 bits per heavy atom. The normalized spacial score (nSPS) is 26.4. The maximum absolute atomic E-state index is 15.7. The van der Waals surface area contributed by atoms with Gasteiger partial charge in [-0.2, -0.15) is 0 Å². The van der Waals surface area contributed by atoms with E-state index in [1.165, 1.54) is 11.8 Å². The van der Waals surface area contributed by atoms with Gasteiger partial charge in [-0.05, 0) is 39.4 Å². The first-order valence-electron chi connectivity index (χ1n) is 11.2. The van der Waals surface area contributed by atoms with E-state index in [9.17, 15) is 4.79 Å². The first-order valence-corrected chi connectivity index (χ1v) is 12.6. The van der Waals surface area contributed by atoms with Crippen LogP contribution >= 0.6 is 23.4 Å². The Hall–Kier alpha value is -1.94. The zero-order valence-electron chi connectivity index (χ0n) is 18.9. The molecule has 2 fully saturated rings. The van der Waals surface area contributed by atoms with Gasteiger partial charge in [0, 0.05) is 13.0 Å². The minimum absolute atomic E-state index is 0.00355. The first-order chi connectivity index (χ1) is 15.6. The Morgan fingerprint density at radius 3 is 2.70 bits per heavy atom. The highest BCUT2D eigenvalue weighted by Gasteiger charge is 2.52. The van der Waals surface area contributed by atoms with E-state index in [2.05, 4.69) is 9.97 Å². The number of hydrogen-bond acceptors (Lipinski definition) is 7. The van der Waals surface area contributed by atoms with E-state index in [4.69, 9.17) is 21.3 Å². The molecule has 11 heteroatoms. The SMILES string of the molecule is CCSc1nc2c3c(nc(Cl)c(F)c3n1)[C@@H](F)C[C@@H]1[C@@H]3CC[C@H](CN21)N3C(=O)OC(C)(C)C. The van der Waals surface area contributed by atoms with E-state index < -0.39 is 22.7 Å². The number of carbonyl (C=O) groups is 1. The molecule has 33 heavy (non-hydrogen) atoms. The molecule has 5 heterocycles. The molecule has 3 aliphatic heterocycles. The van der Waals surface area contributed by atoms with Gasteiger partial charge in [0.15, 0.2) is 16.1 Å². The van der Waals surface area contributed by atoms with Crippen molar-refractivity contribution >= 4 is 46.2 Å². The highest BCUT2D eigenvalue weighted by molar-refractivity contribution is 7.99. The molecule has 1 amide bonds. The van der Waals surface area contributed by atoms with E-state index in [0.717, 1.165) is 12.8 Å². The number of carbonyl (C=O) groups excluding carboxylic acids is 1. The molecule has 0 saturated carbocycles. The summed E-state index contributed by atoms with van der Waals surface area (Å²) in [5.74, 6) is 0.406. The van der Waals surface area contributed by atoms with Gasteiger partial charge in [0.05, 0.1) is 29.2 Å². The average Bonchev–Trinajstić information content (AvgIpc) is 3.01. The molecular weight excluding hydrogens is 472 g/mol. The first kappa shape index (κ1) is 22.8. The number of amides is 1. The number of piperazine rings is 1. The van der Waals surface area contributed by atoms with Crippen LogP contribution in [0.1, 0.15) is 58.8 Å². The number of fused-ring (bicyclic) bond motifs is 5. The van der Waals surface area contributed by atoms with Gasteiger partial charge in [-0.25, -0.2) is 28.5 Å². The lowest BCUT2D eigenvalue weighted by Gasteiger charge is -2.47. The minimum atomic E-state index is -1.50. The monoisotopic (exact) mass is 497 g/mol. The van der Waals surface area contributed by atoms with E-state index in [-0.39, 0.29) is 47.2 Å². The average molecular weight is 498 g/mol. The van der Waals surface area contributed by atoms with Crippen LogP contribution in [0.15, 0.2) is 5.16 Å². The molecule has 2 bridgehead atoms. The number of ether oxygens (including phenoxy) is 1. The fraction of sp³-hybridized carbons (Fsp3) is 0.636. The minimum Gasteiger partial charge on any atom is -0.444 e. The Kier molecular flexibility index (Phi) is 5.59. The highest BCUT2D eigenvalue weighted by atomic mass is 35.5. The Balaban J connectivity index is 1.64. The zero-order valence-corrected chi connectivity index (χ0v) is 20.5. The van der Waals surface area contributed by atoms with Crippen LogP contribution in [0.2, 0.25) is 5.15 Å². The molecule has 2 saturated heterocycles. The highest BCUT2D eigenvalue weighted by Crippen LogP contribution is 2.47. The van der Waals surface area contributed by atoms with E-state index >= 15 is 8.78 Å². The molecule has 3 aliphatic rings. The lowest BCUT2D eigenvalue weighted by atomic mass is 9.97. The number of rotatable bonds is 2. The second kappa shape index (κ2) is 8.08. The number of pyridine rings is 1. The predicted molar refractivity (Wildman–Crippen MR) is 123 cm³/mol. The number of halogens is 3. The van der Waals surface area contributed by atoms with E-state index in [0.29, 0.717) is 23.3 Å². The molecule has 0 spiro atoms. The molecule has 4 atom stereocenters. The largest absolute Gasteiger partial charge is 0.444 e. The molecule has 178 valence electrons. The number of nitrogens with zero attached hydrogens (tertiary/aromatic N) is 5. The molecule has 0 N–H and O–H groups in total. The molecule has 0 aromatic carbocycles. The summed E-state index contributed by atoms with van der Waals surface area (Å²) < 4.78 is 36.4. The van der Waals surface area contributed by atoms with Gasteiger partial charge >= 0.3 is 6.09 Å². The second-order valence-corrected chi connectivity index (χ2v) is 11.3. The Labute approximate surface area is 200 Å². The van der Waals surface area contributed by atoms with Gasteiger partial charge < -0.3 is 9.64 Å². The van der Waals surface area contributed by atoms with Crippen molar-refractivity contribution in [3.63, 3.8) is 0 Å². The molecule has 0 radical (unpaired) electrons. The van der Waals surface area contributed by atoms with Crippen molar-refractivity contribution in [3.05, 3.63) is 16.7 Å². The molecule has 0 unspecified atom stereocenters. The predicted octanol–water partition coefficient (Wildman–Crippen LogP) is 5.30. The van der Waals surface area contributed by atoms with Crippen molar-refractivity contribution in [2.24, 2.45) is 0 Å². The van der Waals surface area contributed by atoms with Crippen LogP contribution in [0.3, 0.4) is 0 Å². The van der Waals surface area contributed by atoms with Gasteiger partial charge in [-0.15, -0.1) is 0 Å². The van der Waals surface area contributed by atoms with Crippen LogP contribution < -0.4 is 4.90 Å². The second-order valence-electron chi connectivity index (χ2n) is 9.70. The van der Waals surface area contributed by atoms with Gasteiger partial charge in [0.2, 0.25) is 0 Å². The van der Waals surface area contributed by atoms with Gasteiger partial charge in [0.1, 0.15) is 23.1 Å². The fourth-order valence-corrected chi connectivity index (χ4v) is 6.00. The maximum Gasteiger partial charge on any atom is 0.410 e. The van der Waals surface area contributed by atoms with Crippen molar-refractivity contribution in [3.8, 4) is 0 Å². The van der Waals surface area contributed by atoms with Crippen LogP contribution in [-0.2, 0) is 4.74 Å². The standard InChI is InChI=1S/C22H26ClF2N5O2S/c1-5-33-20-27-17-14-16(26-18(23)15(17)25)11(24)8-13-12-7-6-10(9-29(13)19(14)28-20)30(12)21(31)32-22(2,3)4/h10-13H,5-9H2,1-4H3/t10-,11+,12+,13-/m1/s1. The van der Waals surface area contributed by atoms with Crippen LogP contribution in [0.4, 0.5) is 19.4 Å². The van der Waals surface area contributed by atoms with Crippen LogP contribution in [0.5, 0.6) is 0 Å². The van der Waals surface area contributed by atoms with Gasteiger partial charge in [-0.1, -0.05) is 30.3 Å². The van der Waals surface area contributed by atoms with Gasteiger partial charge in [0.25, 0.3) is 0 Å². The summed E-state index contributed by atoms with van der Waals surface area (Å²) in [6.45, 7) is 7.91. The third-order valence-corrected chi connectivity index (χ3v) is 7.41. The van der Waals surface area contributed by atoms with Crippen molar-refractivity contribution in [2.45, 2.75) is 82.0 Å². The number of alkyl halides is 1. The summed E-state index contributed by atoms with van der Waals surface area (Å²) >= 11 is 7.42.